The highest BCUT2D eigenvalue weighted by Gasteiger charge is 2.15. The highest BCUT2D eigenvalue weighted by atomic mass is 16.7. The van der Waals surface area contributed by atoms with E-state index in [4.69, 9.17) is 14.7 Å². The van der Waals surface area contributed by atoms with Crippen LogP contribution in [0.2, 0.25) is 0 Å². The third-order valence-electron chi connectivity index (χ3n) is 3.13. The van der Waals surface area contributed by atoms with E-state index in [0.29, 0.717) is 0 Å². The van der Waals surface area contributed by atoms with E-state index in [9.17, 15) is 9.59 Å². The van der Waals surface area contributed by atoms with Gasteiger partial charge in [-0.15, -0.1) is 0 Å². The van der Waals surface area contributed by atoms with Crippen LogP contribution < -0.4 is 10.3 Å². The fourth-order valence-corrected chi connectivity index (χ4v) is 2.02. The van der Waals surface area contributed by atoms with Gasteiger partial charge in [0.2, 0.25) is 0 Å². The standard InChI is InChI=1S/C16H23NO5/c1-3-5-9-12(8-4-2)21-16(20)17-22-14-11-7-6-10-13(14)15(18)19/h6-7,10-12H,3-5,8-9H2,1-2H3,(H,17,20)(H,18,19). The number of para-hydroxylation sites is 1. The third kappa shape index (κ3) is 6.03. The van der Waals surface area contributed by atoms with E-state index in [1.54, 1.807) is 12.1 Å². The van der Waals surface area contributed by atoms with Crippen LogP contribution >= 0.6 is 0 Å². The first-order valence-corrected chi connectivity index (χ1v) is 7.54. The average molecular weight is 309 g/mol. The van der Waals surface area contributed by atoms with Gasteiger partial charge in [-0.2, -0.15) is 5.48 Å². The van der Waals surface area contributed by atoms with Gasteiger partial charge in [-0.05, 0) is 25.0 Å². The predicted octanol–water partition coefficient (Wildman–Crippen LogP) is 3.76. The second-order valence-electron chi connectivity index (χ2n) is 4.96. The number of aromatic carboxylic acids is 1. The summed E-state index contributed by atoms with van der Waals surface area (Å²) in [6, 6.07) is 6.06. The number of carbonyl (C=O) groups excluding carboxylic acids is 1. The van der Waals surface area contributed by atoms with E-state index in [-0.39, 0.29) is 17.4 Å². The van der Waals surface area contributed by atoms with Gasteiger partial charge in [-0.25, -0.2) is 9.59 Å². The highest BCUT2D eigenvalue weighted by Crippen LogP contribution is 2.17. The zero-order valence-electron chi connectivity index (χ0n) is 13.0. The Morgan fingerprint density at radius 1 is 1.18 bits per heavy atom. The second-order valence-corrected chi connectivity index (χ2v) is 4.96. The molecule has 0 bridgehead atoms. The van der Waals surface area contributed by atoms with E-state index < -0.39 is 12.1 Å². The average Bonchev–Trinajstić information content (AvgIpc) is 2.51. The van der Waals surface area contributed by atoms with Crippen molar-refractivity contribution in [3.63, 3.8) is 0 Å². The molecule has 2 N–H and O–H groups in total. The number of hydrogen-bond acceptors (Lipinski definition) is 4. The van der Waals surface area contributed by atoms with Gasteiger partial charge in [-0.3, -0.25) is 0 Å². The van der Waals surface area contributed by atoms with Gasteiger partial charge in [0.05, 0.1) is 0 Å². The molecule has 0 fully saturated rings. The minimum absolute atomic E-state index is 0.0288. The number of carbonyl (C=O) groups is 2. The number of unbranched alkanes of at least 4 members (excludes halogenated alkanes) is 1. The molecule has 6 heteroatoms. The van der Waals surface area contributed by atoms with Crippen molar-refractivity contribution < 1.29 is 24.3 Å². The van der Waals surface area contributed by atoms with Crippen LogP contribution in [0.25, 0.3) is 0 Å². The van der Waals surface area contributed by atoms with Crippen LogP contribution in [0, 0.1) is 0 Å². The van der Waals surface area contributed by atoms with Gasteiger partial charge < -0.3 is 14.7 Å². The van der Waals surface area contributed by atoms with E-state index in [1.807, 2.05) is 6.92 Å². The molecule has 0 aliphatic rings. The Balaban J connectivity index is 2.53. The number of benzene rings is 1. The lowest BCUT2D eigenvalue weighted by Gasteiger charge is -2.17. The number of nitrogens with one attached hydrogen (secondary N) is 1. The van der Waals surface area contributed by atoms with Gasteiger partial charge >= 0.3 is 12.1 Å². The molecule has 1 amide bonds. The minimum atomic E-state index is -1.13. The Kier molecular flexibility index (Phi) is 7.81. The fourth-order valence-electron chi connectivity index (χ4n) is 2.02. The topological polar surface area (TPSA) is 84.9 Å². The largest absolute Gasteiger partial charge is 0.478 e. The monoisotopic (exact) mass is 309 g/mol. The number of ether oxygens (including phenoxy) is 1. The summed E-state index contributed by atoms with van der Waals surface area (Å²) in [4.78, 5) is 27.8. The highest BCUT2D eigenvalue weighted by molar-refractivity contribution is 5.90. The predicted molar refractivity (Wildman–Crippen MR) is 81.9 cm³/mol. The molecule has 0 radical (unpaired) electrons. The quantitative estimate of drug-likeness (QED) is 0.678. The van der Waals surface area contributed by atoms with Crippen LogP contribution in [-0.2, 0) is 4.74 Å². The van der Waals surface area contributed by atoms with E-state index >= 15 is 0 Å². The summed E-state index contributed by atoms with van der Waals surface area (Å²) in [6.07, 6.45) is 3.68. The summed E-state index contributed by atoms with van der Waals surface area (Å²) in [5.74, 6) is -1.06. The van der Waals surface area contributed by atoms with Crippen LogP contribution in [0.3, 0.4) is 0 Å². The summed E-state index contributed by atoms with van der Waals surface area (Å²) < 4.78 is 5.29. The van der Waals surface area contributed by atoms with Crippen LogP contribution in [0.5, 0.6) is 5.75 Å². The van der Waals surface area contributed by atoms with Gasteiger partial charge in [-0.1, -0.05) is 45.2 Å². The molecule has 1 aromatic carbocycles. The Morgan fingerprint density at radius 2 is 1.91 bits per heavy atom. The molecule has 0 aromatic heterocycles. The summed E-state index contributed by atoms with van der Waals surface area (Å²) >= 11 is 0. The number of carboxylic acids is 1. The summed E-state index contributed by atoms with van der Waals surface area (Å²) in [5, 5.41) is 9.02. The Hall–Kier alpha value is -2.24. The molecular formula is C16H23NO5. The first-order valence-electron chi connectivity index (χ1n) is 7.54. The molecule has 122 valence electrons. The first kappa shape index (κ1) is 17.8. The Labute approximate surface area is 130 Å². The lowest BCUT2D eigenvalue weighted by molar-refractivity contribution is 0.0540. The maximum absolute atomic E-state index is 11.7. The number of hydroxylamine groups is 1. The van der Waals surface area contributed by atoms with E-state index in [1.165, 1.54) is 12.1 Å². The third-order valence-corrected chi connectivity index (χ3v) is 3.13. The van der Waals surface area contributed by atoms with Crippen molar-refractivity contribution in [3.8, 4) is 5.75 Å². The molecule has 22 heavy (non-hydrogen) atoms. The summed E-state index contributed by atoms with van der Waals surface area (Å²) in [5.41, 5.74) is 2.11. The molecule has 6 nitrogen and oxygen atoms in total. The molecule has 0 saturated heterocycles. The lowest BCUT2D eigenvalue weighted by Crippen LogP contribution is -2.32. The molecule has 0 saturated carbocycles. The van der Waals surface area contributed by atoms with Crippen molar-refractivity contribution in [2.45, 2.75) is 52.1 Å². The SMILES string of the molecule is CCCCC(CCC)OC(=O)NOc1ccccc1C(=O)O. The number of rotatable bonds is 9. The number of hydrogen-bond donors (Lipinski definition) is 2. The number of carboxylic acid groups (broad SMARTS) is 1. The van der Waals surface area contributed by atoms with Crippen LogP contribution in [-0.4, -0.2) is 23.3 Å². The van der Waals surface area contributed by atoms with Crippen LogP contribution in [0.1, 0.15) is 56.3 Å². The molecule has 0 aliphatic heterocycles. The molecule has 1 unspecified atom stereocenters. The number of amides is 1. The molecule has 0 aliphatic carbocycles. The molecule has 0 spiro atoms. The molecule has 1 atom stereocenters. The van der Waals surface area contributed by atoms with E-state index in [0.717, 1.165) is 32.1 Å². The van der Waals surface area contributed by atoms with Gasteiger partial charge in [0.25, 0.3) is 0 Å². The van der Waals surface area contributed by atoms with Gasteiger partial charge in [0.15, 0.2) is 5.75 Å². The minimum Gasteiger partial charge on any atom is -0.478 e. The van der Waals surface area contributed by atoms with Gasteiger partial charge in [0, 0.05) is 0 Å². The molecular weight excluding hydrogens is 286 g/mol. The van der Waals surface area contributed by atoms with Crippen molar-refractivity contribution in [2.75, 3.05) is 0 Å². The second kappa shape index (κ2) is 9.65. The fraction of sp³-hybridized carbons (Fsp3) is 0.500. The normalized spacial score (nSPS) is 11.5. The Bertz CT molecular complexity index is 489. The van der Waals surface area contributed by atoms with Gasteiger partial charge in [0.1, 0.15) is 11.7 Å². The zero-order valence-corrected chi connectivity index (χ0v) is 13.0. The van der Waals surface area contributed by atoms with Crippen LogP contribution in [0.15, 0.2) is 24.3 Å². The molecule has 0 heterocycles. The zero-order chi connectivity index (χ0) is 16.4. The molecule has 1 rings (SSSR count). The summed E-state index contributed by atoms with van der Waals surface area (Å²) in [7, 11) is 0. The summed E-state index contributed by atoms with van der Waals surface area (Å²) in [6.45, 7) is 4.11. The van der Waals surface area contributed by atoms with Crippen molar-refractivity contribution in [2.24, 2.45) is 0 Å². The van der Waals surface area contributed by atoms with Crippen molar-refractivity contribution in [1.82, 2.24) is 5.48 Å². The van der Waals surface area contributed by atoms with E-state index in [2.05, 4.69) is 12.4 Å². The Morgan fingerprint density at radius 3 is 2.55 bits per heavy atom. The van der Waals surface area contributed by atoms with Crippen molar-refractivity contribution in [1.29, 1.82) is 0 Å². The lowest BCUT2D eigenvalue weighted by atomic mass is 10.1. The van der Waals surface area contributed by atoms with Crippen LogP contribution in [0.4, 0.5) is 4.79 Å². The first-order chi connectivity index (χ1) is 10.6. The maximum atomic E-state index is 11.7. The van der Waals surface area contributed by atoms with Crippen molar-refractivity contribution in [3.05, 3.63) is 29.8 Å². The maximum Gasteiger partial charge on any atom is 0.440 e. The smallest absolute Gasteiger partial charge is 0.440 e. The molecule has 1 aromatic rings. The van der Waals surface area contributed by atoms with Crippen molar-refractivity contribution >= 4 is 12.1 Å².